The first-order valence-corrected chi connectivity index (χ1v) is 10.5. The third-order valence-corrected chi connectivity index (χ3v) is 7.01. The Morgan fingerprint density at radius 3 is 2.71 bits per heavy atom. The Morgan fingerprint density at radius 2 is 1.87 bits per heavy atom. The van der Waals surface area contributed by atoms with Gasteiger partial charge in [-0.1, -0.05) is 41.1 Å². The summed E-state index contributed by atoms with van der Waals surface area (Å²) in [5.74, 6) is -1.51. The molecule has 0 radical (unpaired) electrons. The summed E-state index contributed by atoms with van der Waals surface area (Å²) in [5.41, 5.74) is 2.12. The molecule has 1 N–H and O–H groups in total. The molecule has 4 heterocycles. The van der Waals surface area contributed by atoms with Crippen molar-refractivity contribution in [2.75, 3.05) is 6.54 Å². The maximum absolute atomic E-state index is 15.5. The summed E-state index contributed by atoms with van der Waals surface area (Å²) in [6, 6.07) is 12.5. The minimum absolute atomic E-state index is 0.0109. The van der Waals surface area contributed by atoms with Crippen molar-refractivity contribution >= 4 is 5.91 Å². The zero-order valence-electron chi connectivity index (χ0n) is 17.0. The smallest absolute Gasteiger partial charge is 0.288 e. The van der Waals surface area contributed by atoms with Gasteiger partial charge in [-0.15, -0.1) is 4.68 Å². The largest absolute Gasteiger partial charge is 0.502 e. The maximum atomic E-state index is 15.5. The fourth-order valence-corrected chi connectivity index (χ4v) is 5.71. The number of para-hydroxylation sites is 1. The highest BCUT2D eigenvalue weighted by Crippen LogP contribution is 2.48. The minimum Gasteiger partial charge on any atom is -0.502 e. The highest BCUT2D eigenvalue weighted by Gasteiger charge is 2.54. The van der Waals surface area contributed by atoms with Crippen LogP contribution in [-0.2, 0) is 0 Å². The zero-order chi connectivity index (χ0) is 21.4. The predicted molar refractivity (Wildman–Crippen MR) is 110 cm³/mol. The predicted octanol–water partition coefficient (Wildman–Crippen LogP) is 2.58. The van der Waals surface area contributed by atoms with E-state index in [0.29, 0.717) is 23.4 Å². The summed E-state index contributed by atoms with van der Waals surface area (Å²) >= 11 is 0. The molecule has 31 heavy (non-hydrogen) atoms. The topological polar surface area (TPSA) is 66.4 Å². The highest BCUT2D eigenvalue weighted by atomic mass is 19.1. The molecule has 7 heteroatoms. The van der Waals surface area contributed by atoms with Crippen molar-refractivity contribution in [3.8, 4) is 11.4 Å². The summed E-state index contributed by atoms with van der Waals surface area (Å²) in [6.45, 7) is 2.31. The van der Waals surface area contributed by atoms with Crippen molar-refractivity contribution in [3.63, 3.8) is 0 Å². The van der Waals surface area contributed by atoms with Gasteiger partial charge >= 0.3 is 0 Å². The third kappa shape index (κ3) is 2.29. The Kier molecular flexibility index (Phi) is 3.70. The molecule has 0 spiro atoms. The summed E-state index contributed by atoms with van der Waals surface area (Å²) < 4.78 is 18.9. The van der Waals surface area contributed by atoms with Gasteiger partial charge in [0.15, 0.2) is 0 Å². The van der Waals surface area contributed by atoms with Gasteiger partial charge in [-0.05, 0) is 30.9 Å². The zero-order valence-corrected chi connectivity index (χ0v) is 17.0. The molecule has 3 atom stereocenters. The number of aryl methyl sites for hydroxylation is 1. The summed E-state index contributed by atoms with van der Waals surface area (Å²) in [4.78, 5) is 27.6. The van der Waals surface area contributed by atoms with Crippen LogP contribution in [-0.4, -0.2) is 33.2 Å². The third-order valence-electron chi connectivity index (χ3n) is 7.01. The molecule has 3 aromatic rings. The van der Waals surface area contributed by atoms with E-state index in [9.17, 15) is 14.7 Å². The Balaban J connectivity index is 1.75. The molecule has 0 bridgehead atoms. The number of aromatic hydroxyl groups is 1. The number of carbonyl (C=O) groups excluding carboxylic acids is 1. The lowest BCUT2D eigenvalue weighted by Gasteiger charge is -2.43. The van der Waals surface area contributed by atoms with Gasteiger partial charge in [0.2, 0.25) is 17.1 Å². The standard InChI is InChI=1S/C24H20FN3O3/c1-13-6-4-8-15(20(13)25)19-14-7-2-3-9-16(14)27-12-18(29)23(30)22-24(31)26-11-5-10-17(26)21(19)28(22)27/h2-4,6-9,12,17,19,21H,5,10-11H2,1H3/p+1/t17-,19-,21-/m1/s1. The van der Waals surface area contributed by atoms with Gasteiger partial charge < -0.3 is 10.0 Å². The molecule has 156 valence electrons. The molecule has 6 nitrogen and oxygen atoms in total. The molecule has 3 aliphatic heterocycles. The summed E-state index contributed by atoms with van der Waals surface area (Å²) in [6.07, 6.45) is 2.94. The van der Waals surface area contributed by atoms with Gasteiger partial charge in [-0.3, -0.25) is 9.59 Å². The number of fused-ring (bicyclic) bond motifs is 4. The van der Waals surface area contributed by atoms with E-state index in [1.807, 2.05) is 30.3 Å². The second-order valence-corrected chi connectivity index (χ2v) is 8.59. The Bertz CT molecular complexity index is 1330. The maximum Gasteiger partial charge on any atom is 0.288 e. The van der Waals surface area contributed by atoms with Gasteiger partial charge in [-0.2, -0.15) is 0 Å². The molecule has 6 rings (SSSR count). The summed E-state index contributed by atoms with van der Waals surface area (Å²) in [7, 11) is 0. The van der Waals surface area contributed by atoms with Crippen LogP contribution in [0.25, 0.3) is 5.69 Å². The molecule has 1 aromatic heterocycles. The number of nitrogens with zero attached hydrogens (tertiary/aromatic N) is 3. The van der Waals surface area contributed by atoms with E-state index in [2.05, 4.69) is 0 Å². The van der Waals surface area contributed by atoms with Gasteiger partial charge in [-0.25, -0.2) is 4.39 Å². The number of hydrogen-bond acceptors (Lipinski definition) is 3. The molecule has 2 aromatic carbocycles. The second kappa shape index (κ2) is 6.26. The van der Waals surface area contributed by atoms with Gasteiger partial charge in [0.05, 0.1) is 6.04 Å². The van der Waals surface area contributed by atoms with Gasteiger partial charge in [0.25, 0.3) is 17.5 Å². The lowest BCUT2D eigenvalue weighted by molar-refractivity contribution is -0.700. The van der Waals surface area contributed by atoms with Gasteiger partial charge in [0.1, 0.15) is 11.9 Å². The molecule has 0 saturated carbocycles. The van der Waals surface area contributed by atoms with Crippen LogP contribution in [0.4, 0.5) is 4.39 Å². The van der Waals surface area contributed by atoms with E-state index in [0.717, 1.165) is 18.4 Å². The molecule has 1 amide bonds. The highest BCUT2D eigenvalue weighted by molar-refractivity contribution is 5.96. The summed E-state index contributed by atoms with van der Waals surface area (Å²) in [5, 5.41) is 10.6. The van der Waals surface area contributed by atoms with Crippen molar-refractivity contribution < 1.29 is 19.0 Å². The van der Waals surface area contributed by atoms with Crippen LogP contribution in [0.2, 0.25) is 0 Å². The average molecular weight is 418 g/mol. The monoisotopic (exact) mass is 418 g/mol. The number of benzene rings is 2. The molecule has 0 unspecified atom stereocenters. The van der Waals surface area contributed by atoms with Crippen LogP contribution in [0, 0.1) is 12.7 Å². The van der Waals surface area contributed by atoms with E-state index in [-0.39, 0.29) is 35.4 Å². The number of hydrogen-bond donors (Lipinski definition) is 1. The number of carbonyl (C=O) groups is 1. The quantitative estimate of drug-likeness (QED) is 0.618. The van der Waals surface area contributed by atoms with Crippen LogP contribution in [0.1, 0.15) is 52.0 Å². The van der Waals surface area contributed by atoms with Crippen molar-refractivity contribution in [1.29, 1.82) is 0 Å². The van der Waals surface area contributed by atoms with Crippen molar-refractivity contribution in [2.24, 2.45) is 0 Å². The number of rotatable bonds is 1. The lowest BCUT2D eigenvalue weighted by atomic mass is 9.77. The van der Waals surface area contributed by atoms with E-state index >= 15 is 4.39 Å². The van der Waals surface area contributed by atoms with Crippen molar-refractivity contribution in [3.05, 3.63) is 87.1 Å². The number of halogens is 1. The van der Waals surface area contributed by atoms with E-state index in [1.54, 1.807) is 33.3 Å². The minimum atomic E-state index is -0.606. The van der Waals surface area contributed by atoms with Crippen LogP contribution < -0.4 is 10.1 Å². The number of amides is 1. The molecular weight excluding hydrogens is 397 g/mol. The van der Waals surface area contributed by atoms with Crippen LogP contribution in [0.3, 0.4) is 0 Å². The lowest BCUT2D eigenvalue weighted by Crippen LogP contribution is -2.62. The van der Waals surface area contributed by atoms with Crippen LogP contribution in [0.5, 0.6) is 5.75 Å². The average Bonchev–Trinajstić information content (AvgIpc) is 3.26. The van der Waals surface area contributed by atoms with E-state index in [4.69, 9.17) is 0 Å². The fraction of sp³-hybridized carbons (Fsp3) is 0.292. The Morgan fingerprint density at radius 1 is 1.10 bits per heavy atom. The second-order valence-electron chi connectivity index (χ2n) is 8.59. The van der Waals surface area contributed by atoms with E-state index in [1.165, 1.54) is 6.20 Å². The molecule has 0 aliphatic carbocycles. The first-order chi connectivity index (χ1) is 15.0. The van der Waals surface area contributed by atoms with Crippen molar-refractivity contribution in [1.82, 2.24) is 9.58 Å². The normalized spacial score (nSPS) is 23.4. The first kappa shape index (κ1) is 18.3. The molecule has 3 aliphatic rings. The SMILES string of the molecule is Cc1cccc([C@H]2c3ccccc3-[n+]3cc(=O)c(O)c4n3[C@@H]2[C@H]2CCCN2C4=O)c1F. The Labute approximate surface area is 177 Å². The van der Waals surface area contributed by atoms with Gasteiger partial charge in [0, 0.05) is 24.1 Å². The molecule has 1 fully saturated rings. The number of aromatic nitrogens is 2. The van der Waals surface area contributed by atoms with Crippen molar-refractivity contribution in [2.45, 2.75) is 37.8 Å². The Hall–Kier alpha value is -3.48. The van der Waals surface area contributed by atoms with E-state index < -0.39 is 11.2 Å². The fourth-order valence-electron chi connectivity index (χ4n) is 5.71. The van der Waals surface area contributed by atoms with Crippen LogP contribution in [0.15, 0.2) is 53.5 Å². The first-order valence-electron chi connectivity index (χ1n) is 10.5. The molecule has 1 saturated heterocycles. The van der Waals surface area contributed by atoms with Crippen LogP contribution >= 0.6 is 0 Å². The molecular formula is C24H21FN3O3+.